The second kappa shape index (κ2) is 6.69. The Morgan fingerprint density at radius 3 is 2.69 bits per heavy atom. The van der Waals surface area contributed by atoms with Crippen LogP contribution in [0.1, 0.15) is 38.8 Å². The van der Waals surface area contributed by atoms with Gasteiger partial charge in [-0.25, -0.2) is 9.97 Å². The molecule has 0 aliphatic carbocycles. The molecule has 1 rings (SSSR count). The SMILES string of the molecule is CC(CCCl)CNc1cc(C(C)C)ncn1. The maximum absolute atomic E-state index is 5.69. The summed E-state index contributed by atoms with van der Waals surface area (Å²) in [6, 6.07) is 2.01. The first-order valence-corrected chi connectivity index (χ1v) is 6.28. The number of halogens is 1. The van der Waals surface area contributed by atoms with E-state index in [4.69, 9.17) is 11.6 Å². The molecule has 0 fully saturated rings. The van der Waals surface area contributed by atoms with E-state index in [0.717, 1.165) is 24.5 Å². The summed E-state index contributed by atoms with van der Waals surface area (Å²) in [5.41, 5.74) is 1.07. The van der Waals surface area contributed by atoms with Gasteiger partial charge in [0.05, 0.1) is 0 Å². The van der Waals surface area contributed by atoms with Crippen LogP contribution in [-0.4, -0.2) is 22.4 Å². The Bertz CT molecular complexity index is 315. The van der Waals surface area contributed by atoms with Gasteiger partial charge < -0.3 is 5.32 Å². The van der Waals surface area contributed by atoms with Crippen molar-refractivity contribution in [1.29, 1.82) is 0 Å². The third kappa shape index (κ3) is 4.35. The van der Waals surface area contributed by atoms with Crippen LogP contribution in [0.5, 0.6) is 0 Å². The van der Waals surface area contributed by atoms with Gasteiger partial charge in [0.25, 0.3) is 0 Å². The number of rotatable bonds is 6. The van der Waals surface area contributed by atoms with Crippen LogP contribution in [0.2, 0.25) is 0 Å². The molecule has 0 amide bonds. The molecule has 1 N–H and O–H groups in total. The number of alkyl halides is 1. The maximum atomic E-state index is 5.69. The predicted molar refractivity (Wildman–Crippen MR) is 69.1 cm³/mol. The molecule has 0 radical (unpaired) electrons. The van der Waals surface area contributed by atoms with E-state index in [1.807, 2.05) is 6.07 Å². The summed E-state index contributed by atoms with van der Waals surface area (Å²) >= 11 is 5.69. The number of anilines is 1. The molecule has 3 nitrogen and oxygen atoms in total. The minimum Gasteiger partial charge on any atom is -0.370 e. The van der Waals surface area contributed by atoms with Crippen molar-refractivity contribution in [3.63, 3.8) is 0 Å². The molecule has 1 atom stereocenters. The van der Waals surface area contributed by atoms with Gasteiger partial charge in [0.1, 0.15) is 12.1 Å². The average molecular weight is 242 g/mol. The Balaban J connectivity index is 2.50. The van der Waals surface area contributed by atoms with E-state index >= 15 is 0 Å². The third-order valence-electron chi connectivity index (χ3n) is 2.51. The molecule has 0 spiro atoms. The van der Waals surface area contributed by atoms with Crippen molar-refractivity contribution in [3.8, 4) is 0 Å². The summed E-state index contributed by atoms with van der Waals surface area (Å²) in [6.07, 6.45) is 2.64. The molecule has 16 heavy (non-hydrogen) atoms. The zero-order valence-electron chi connectivity index (χ0n) is 10.2. The summed E-state index contributed by atoms with van der Waals surface area (Å²) in [6.45, 7) is 7.34. The van der Waals surface area contributed by atoms with Gasteiger partial charge in [-0.15, -0.1) is 11.6 Å². The Morgan fingerprint density at radius 2 is 2.06 bits per heavy atom. The zero-order chi connectivity index (χ0) is 12.0. The number of nitrogens with one attached hydrogen (secondary N) is 1. The molecule has 1 aromatic heterocycles. The second-order valence-electron chi connectivity index (χ2n) is 4.45. The first kappa shape index (κ1) is 13.2. The Morgan fingerprint density at radius 1 is 1.31 bits per heavy atom. The minimum absolute atomic E-state index is 0.434. The smallest absolute Gasteiger partial charge is 0.129 e. The van der Waals surface area contributed by atoms with Gasteiger partial charge in [-0.05, 0) is 18.3 Å². The fourth-order valence-electron chi connectivity index (χ4n) is 1.35. The van der Waals surface area contributed by atoms with E-state index in [-0.39, 0.29) is 0 Å². The Kier molecular flexibility index (Phi) is 5.53. The lowest BCUT2D eigenvalue weighted by atomic mass is 10.1. The van der Waals surface area contributed by atoms with E-state index in [2.05, 4.69) is 36.1 Å². The molecule has 4 heteroatoms. The Labute approximate surface area is 103 Å². The fourth-order valence-corrected chi connectivity index (χ4v) is 1.72. The van der Waals surface area contributed by atoms with Crippen LogP contribution in [0.3, 0.4) is 0 Å². The Hall–Kier alpha value is -0.830. The summed E-state index contributed by atoms with van der Waals surface area (Å²) in [5.74, 6) is 2.61. The largest absolute Gasteiger partial charge is 0.370 e. The molecule has 90 valence electrons. The minimum atomic E-state index is 0.434. The van der Waals surface area contributed by atoms with Gasteiger partial charge in [-0.1, -0.05) is 20.8 Å². The lowest BCUT2D eigenvalue weighted by Crippen LogP contribution is -2.13. The standard InChI is InChI=1S/C12H20ClN3/c1-9(2)11-6-12(16-8-15-11)14-7-10(3)4-5-13/h6,8-10H,4-5,7H2,1-3H3,(H,14,15,16). The third-order valence-corrected chi connectivity index (χ3v) is 2.73. The van der Waals surface area contributed by atoms with Gasteiger partial charge in [0, 0.05) is 24.2 Å². The van der Waals surface area contributed by atoms with Crippen molar-refractivity contribution >= 4 is 17.4 Å². The van der Waals surface area contributed by atoms with Crippen molar-refractivity contribution in [1.82, 2.24) is 9.97 Å². The molecule has 0 saturated carbocycles. The molecule has 0 aliphatic heterocycles. The van der Waals surface area contributed by atoms with Gasteiger partial charge >= 0.3 is 0 Å². The number of hydrogen-bond donors (Lipinski definition) is 1. The molecule has 0 saturated heterocycles. The molecule has 0 aromatic carbocycles. The van der Waals surface area contributed by atoms with Crippen LogP contribution >= 0.6 is 11.6 Å². The van der Waals surface area contributed by atoms with Gasteiger partial charge in [-0.2, -0.15) is 0 Å². The molecule has 0 aliphatic rings. The highest BCUT2D eigenvalue weighted by Crippen LogP contribution is 2.14. The van der Waals surface area contributed by atoms with Crippen molar-refractivity contribution in [2.45, 2.75) is 33.1 Å². The van der Waals surface area contributed by atoms with Gasteiger partial charge in [0.15, 0.2) is 0 Å². The van der Waals surface area contributed by atoms with Crippen LogP contribution < -0.4 is 5.32 Å². The summed E-state index contributed by atoms with van der Waals surface area (Å²) in [4.78, 5) is 8.43. The summed E-state index contributed by atoms with van der Waals surface area (Å²) in [5, 5.41) is 3.31. The quantitative estimate of drug-likeness (QED) is 0.777. The highest BCUT2D eigenvalue weighted by Gasteiger charge is 2.04. The zero-order valence-corrected chi connectivity index (χ0v) is 11.0. The molecule has 1 aromatic rings. The number of nitrogens with zero attached hydrogens (tertiary/aromatic N) is 2. The average Bonchev–Trinajstić information content (AvgIpc) is 2.27. The first-order valence-electron chi connectivity index (χ1n) is 5.75. The predicted octanol–water partition coefficient (Wildman–Crippen LogP) is 3.28. The van der Waals surface area contributed by atoms with Gasteiger partial charge in [0.2, 0.25) is 0 Å². The van der Waals surface area contributed by atoms with E-state index < -0.39 is 0 Å². The second-order valence-corrected chi connectivity index (χ2v) is 4.82. The lowest BCUT2D eigenvalue weighted by Gasteiger charge is -2.12. The van der Waals surface area contributed by atoms with Crippen molar-refractivity contribution in [2.24, 2.45) is 5.92 Å². The van der Waals surface area contributed by atoms with Crippen molar-refractivity contribution < 1.29 is 0 Å². The van der Waals surface area contributed by atoms with Crippen LogP contribution in [0, 0.1) is 5.92 Å². The van der Waals surface area contributed by atoms with Gasteiger partial charge in [-0.3, -0.25) is 0 Å². The van der Waals surface area contributed by atoms with Crippen LogP contribution in [0.15, 0.2) is 12.4 Å². The molecule has 0 bridgehead atoms. The van der Waals surface area contributed by atoms with Crippen LogP contribution in [0.4, 0.5) is 5.82 Å². The molecule has 1 unspecified atom stereocenters. The van der Waals surface area contributed by atoms with E-state index in [9.17, 15) is 0 Å². The van der Waals surface area contributed by atoms with E-state index in [1.165, 1.54) is 0 Å². The lowest BCUT2D eigenvalue weighted by molar-refractivity contribution is 0.595. The summed E-state index contributed by atoms with van der Waals surface area (Å²) < 4.78 is 0. The molecular formula is C12H20ClN3. The monoisotopic (exact) mass is 241 g/mol. The van der Waals surface area contributed by atoms with Crippen LogP contribution in [-0.2, 0) is 0 Å². The first-order chi connectivity index (χ1) is 7.63. The van der Waals surface area contributed by atoms with Crippen LogP contribution in [0.25, 0.3) is 0 Å². The fraction of sp³-hybridized carbons (Fsp3) is 0.667. The molecular weight excluding hydrogens is 222 g/mol. The molecule has 1 heterocycles. The topological polar surface area (TPSA) is 37.8 Å². The highest BCUT2D eigenvalue weighted by atomic mass is 35.5. The summed E-state index contributed by atoms with van der Waals surface area (Å²) in [7, 11) is 0. The van der Waals surface area contributed by atoms with Crippen molar-refractivity contribution in [3.05, 3.63) is 18.1 Å². The maximum Gasteiger partial charge on any atom is 0.129 e. The van der Waals surface area contributed by atoms with Crippen molar-refractivity contribution in [2.75, 3.05) is 17.7 Å². The highest BCUT2D eigenvalue weighted by molar-refractivity contribution is 6.17. The normalized spacial score (nSPS) is 12.8. The van der Waals surface area contributed by atoms with E-state index in [0.29, 0.717) is 17.7 Å². The van der Waals surface area contributed by atoms with E-state index in [1.54, 1.807) is 6.33 Å². The number of aromatic nitrogens is 2. The number of hydrogen-bond acceptors (Lipinski definition) is 3.